The van der Waals surface area contributed by atoms with Crippen molar-refractivity contribution in [2.24, 2.45) is 0 Å². The molecule has 0 aliphatic carbocycles. The van der Waals surface area contributed by atoms with Gasteiger partial charge in [0, 0.05) is 11.8 Å². The summed E-state index contributed by atoms with van der Waals surface area (Å²) in [4.78, 5) is 28.7. The summed E-state index contributed by atoms with van der Waals surface area (Å²) in [5, 5.41) is 5.37. The lowest BCUT2D eigenvalue weighted by Gasteiger charge is -2.08. The molecule has 1 aromatic carbocycles. The Morgan fingerprint density at radius 2 is 2.08 bits per heavy atom. The fourth-order valence-corrected chi connectivity index (χ4v) is 2.74. The van der Waals surface area contributed by atoms with Gasteiger partial charge in [0.25, 0.3) is 5.56 Å². The van der Waals surface area contributed by atoms with Gasteiger partial charge in [0.2, 0.25) is 5.91 Å². The van der Waals surface area contributed by atoms with Crippen LogP contribution in [0.25, 0.3) is 16.7 Å². The summed E-state index contributed by atoms with van der Waals surface area (Å²) >= 11 is 3.27. The number of aromatic nitrogens is 4. The van der Waals surface area contributed by atoms with Crippen LogP contribution in [0.3, 0.4) is 0 Å². The SMILES string of the molecule is Cc1ccc(-n2ncc3c(=O)n(NC(=O)CCCBr)cnc32)cc1C. The molecule has 0 bridgehead atoms. The first-order valence-corrected chi connectivity index (χ1v) is 9.02. The van der Waals surface area contributed by atoms with E-state index < -0.39 is 0 Å². The van der Waals surface area contributed by atoms with E-state index in [-0.39, 0.29) is 11.5 Å². The van der Waals surface area contributed by atoms with Crippen LogP contribution >= 0.6 is 15.9 Å². The van der Waals surface area contributed by atoms with E-state index in [9.17, 15) is 9.59 Å². The van der Waals surface area contributed by atoms with Crippen molar-refractivity contribution in [3.8, 4) is 5.69 Å². The molecule has 0 fully saturated rings. The highest BCUT2D eigenvalue weighted by molar-refractivity contribution is 9.09. The van der Waals surface area contributed by atoms with Crippen molar-refractivity contribution in [1.29, 1.82) is 0 Å². The number of alkyl halides is 1. The molecule has 0 spiro atoms. The topological polar surface area (TPSA) is 81.8 Å². The second-order valence-electron chi connectivity index (χ2n) is 5.81. The summed E-state index contributed by atoms with van der Waals surface area (Å²) in [5.74, 6) is -0.232. The van der Waals surface area contributed by atoms with E-state index in [1.807, 2.05) is 32.0 Å². The lowest BCUT2D eigenvalue weighted by atomic mass is 10.1. The van der Waals surface area contributed by atoms with Crippen LogP contribution in [0, 0.1) is 13.8 Å². The molecule has 0 saturated carbocycles. The Morgan fingerprint density at radius 1 is 1.28 bits per heavy atom. The highest BCUT2D eigenvalue weighted by Crippen LogP contribution is 2.17. The molecular weight excluding hydrogens is 386 g/mol. The molecule has 0 atom stereocenters. The normalized spacial score (nSPS) is 11.0. The molecule has 3 aromatic rings. The van der Waals surface area contributed by atoms with Gasteiger partial charge < -0.3 is 0 Å². The van der Waals surface area contributed by atoms with Crippen LogP contribution in [0.2, 0.25) is 0 Å². The van der Waals surface area contributed by atoms with Crippen LogP contribution < -0.4 is 11.0 Å². The Balaban J connectivity index is 1.97. The van der Waals surface area contributed by atoms with Gasteiger partial charge in [0.05, 0.1) is 11.9 Å². The number of halogens is 1. The molecule has 7 nitrogen and oxygen atoms in total. The van der Waals surface area contributed by atoms with Gasteiger partial charge in [-0.3, -0.25) is 15.0 Å². The Morgan fingerprint density at radius 3 is 2.80 bits per heavy atom. The van der Waals surface area contributed by atoms with Crippen molar-refractivity contribution in [1.82, 2.24) is 19.4 Å². The molecule has 130 valence electrons. The van der Waals surface area contributed by atoms with E-state index in [4.69, 9.17) is 0 Å². The molecule has 2 aromatic heterocycles. The molecule has 1 amide bonds. The molecule has 2 heterocycles. The van der Waals surface area contributed by atoms with Crippen molar-refractivity contribution in [2.75, 3.05) is 10.8 Å². The third kappa shape index (κ3) is 3.48. The number of hydrogen-bond donors (Lipinski definition) is 1. The van der Waals surface area contributed by atoms with Crippen LogP contribution in [0.1, 0.15) is 24.0 Å². The number of amides is 1. The minimum atomic E-state index is -0.354. The molecule has 0 aliphatic heterocycles. The van der Waals surface area contributed by atoms with Gasteiger partial charge >= 0.3 is 0 Å². The van der Waals surface area contributed by atoms with E-state index in [0.717, 1.165) is 21.3 Å². The van der Waals surface area contributed by atoms with Crippen LogP contribution in [-0.4, -0.2) is 30.7 Å². The zero-order chi connectivity index (χ0) is 18.0. The molecule has 0 aliphatic rings. The zero-order valence-corrected chi connectivity index (χ0v) is 15.6. The van der Waals surface area contributed by atoms with Gasteiger partial charge in [0.15, 0.2) is 5.65 Å². The number of nitrogens with one attached hydrogen (secondary N) is 1. The number of carbonyl (C=O) groups excluding carboxylic acids is 1. The summed E-state index contributed by atoms with van der Waals surface area (Å²) in [6.45, 7) is 4.06. The van der Waals surface area contributed by atoms with Gasteiger partial charge in [-0.15, -0.1) is 0 Å². The lowest BCUT2D eigenvalue weighted by Crippen LogP contribution is -2.33. The molecule has 0 unspecified atom stereocenters. The van der Waals surface area contributed by atoms with Crippen molar-refractivity contribution in [3.63, 3.8) is 0 Å². The third-order valence-electron chi connectivity index (χ3n) is 4.01. The maximum atomic E-state index is 12.5. The minimum Gasteiger partial charge on any atom is -0.273 e. The molecular formula is C17H18BrN5O2. The number of fused-ring (bicyclic) bond motifs is 1. The smallest absolute Gasteiger partial charge is 0.273 e. The number of rotatable bonds is 5. The van der Waals surface area contributed by atoms with Crippen LogP contribution in [-0.2, 0) is 4.79 Å². The number of nitrogens with zero attached hydrogens (tertiary/aromatic N) is 4. The fraction of sp³-hybridized carbons (Fsp3) is 0.294. The van der Waals surface area contributed by atoms with Gasteiger partial charge in [-0.1, -0.05) is 22.0 Å². The van der Waals surface area contributed by atoms with E-state index >= 15 is 0 Å². The molecule has 25 heavy (non-hydrogen) atoms. The predicted octanol–water partition coefficient (Wildman–Crippen LogP) is 2.44. The summed E-state index contributed by atoms with van der Waals surface area (Å²) in [6, 6.07) is 5.94. The first kappa shape index (κ1) is 17.3. The summed E-state index contributed by atoms with van der Waals surface area (Å²) in [5.41, 5.74) is 5.80. The fourth-order valence-electron chi connectivity index (χ4n) is 2.46. The summed E-state index contributed by atoms with van der Waals surface area (Å²) < 4.78 is 2.73. The largest absolute Gasteiger partial charge is 0.283 e. The molecule has 8 heteroatoms. The number of benzene rings is 1. The van der Waals surface area contributed by atoms with E-state index in [1.54, 1.807) is 4.68 Å². The van der Waals surface area contributed by atoms with Crippen LogP contribution in [0.4, 0.5) is 0 Å². The van der Waals surface area contributed by atoms with Gasteiger partial charge in [0.1, 0.15) is 11.7 Å². The van der Waals surface area contributed by atoms with Crippen molar-refractivity contribution in [3.05, 3.63) is 52.2 Å². The number of aryl methyl sites for hydroxylation is 2. The Kier molecular flexibility index (Phi) is 4.98. The van der Waals surface area contributed by atoms with Gasteiger partial charge in [-0.25, -0.2) is 14.3 Å². The second-order valence-corrected chi connectivity index (χ2v) is 6.60. The van der Waals surface area contributed by atoms with Gasteiger partial charge in [-0.05, 0) is 43.5 Å². The summed E-state index contributed by atoms with van der Waals surface area (Å²) in [6.07, 6.45) is 3.81. The molecule has 3 rings (SSSR count). The molecule has 1 N–H and O–H groups in total. The monoisotopic (exact) mass is 403 g/mol. The summed E-state index contributed by atoms with van der Waals surface area (Å²) in [7, 11) is 0. The average molecular weight is 404 g/mol. The van der Waals surface area contributed by atoms with E-state index in [1.165, 1.54) is 18.1 Å². The Bertz CT molecular complexity index is 992. The van der Waals surface area contributed by atoms with Crippen molar-refractivity contribution >= 4 is 32.9 Å². The minimum absolute atomic E-state index is 0.232. The molecule has 0 saturated heterocycles. The average Bonchev–Trinajstić information content (AvgIpc) is 3.03. The number of carbonyl (C=O) groups is 1. The standard InChI is InChI=1S/C17H18BrN5O2/c1-11-5-6-13(8-12(11)2)23-16-14(9-20-23)17(25)22(10-19-16)21-15(24)4-3-7-18/h5-6,8-10H,3-4,7H2,1-2H3,(H,21,24). The quantitative estimate of drug-likeness (QED) is 0.663. The first-order chi connectivity index (χ1) is 12.0. The Hall–Kier alpha value is -2.48. The van der Waals surface area contributed by atoms with Crippen molar-refractivity contribution in [2.45, 2.75) is 26.7 Å². The van der Waals surface area contributed by atoms with Crippen LogP contribution in [0.5, 0.6) is 0 Å². The van der Waals surface area contributed by atoms with E-state index in [2.05, 4.69) is 31.4 Å². The van der Waals surface area contributed by atoms with Crippen LogP contribution in [0.15, 0.2) is 35.5 Å². The second kappa shape index (κ2) is 7.18. The number of hydrogen-bond acceptors (Lipinski definition) is 4. The maximum absolute atomic E-state index is 12.5. The lowest BCUT2D eigenvalue weighted by molar-refractivity contribution is -0.117. The third-order valence-corrected chi connectivity index (χ3v) is 4.57. The van der Waals surface area contributed by atoms with Gasteiger partial charge in [-0.2, -0.15) is 5.10 Å². The first-order valence-electron chi connectivity index (χ1n) is 7.90. The maximum Gasteiger partial charge on any atom is 0.283 e. The molecule has 0 radical (unpaired) electrons. The Labute approximate surface area is 152 Å². The highest BCUT2D eigenvalue weighted by Gasteiger charge is 2.13. The highest BCUT2D eigenvalue weighted by atomic mass is 79.9. The zero-order valence-electron chi connectivity index (χ0n) is 14.0. The van der Waals surface area contributed by atoms with Crippen molar-refractivity contribution < 1.29 is 4.79 Å². The van der Waals surface area contributed by atoms with E-state index in [0.29, 0.717) is 23.9 Å². The predicted molar refractivity (Wildman–Crippen MR) is 100.0 cm³/mol.